The van der Waals surface area contributed by atoms with E-state index in [2.05, 4.69) is 4.99 Å². The Morgan fingerprint density at radius 2 is 2.27 bits per heavy atom. The maximum Gasteiger partial charge on any atom is 0.152 e. The van der Waals surface area contributed by atoms with E-state index in [9.17, 15) is 4.79 Å². The van der Waals surface area contributed by atoms with Crippen LogP contribution in [0.1, 0.15) is 17.3 Å². The van der Waals surface area contributed by atoms with Crippen molar-refractivity contribution in [3.05, 3.63) is 40.6 Å². The summed E-state index contributed by atoms with van der Waals surface area (Å²) in [6.45, 7) is 1.81. The van der Waals surface area contributed by atoms with E-state index in [1.807, 2.05) is 6.92 Å². The van der Waals surface area contributed by atoms with Crippen LogP contribution in [0.4, 0.5) is 5.69 Å². The van der Waals surface area contributed by atoms with Crippen LogP contribution in [-0.4, -0.2) is 12.5 Å². The predicted octanol–water partition coefficient (Wildman–Crippen LogP) is 2.72. The number of carbonyl (C=O) groups excluding carboxylic acids is 1. The zero-order chi connectivity index (χ0) is 11.3. The number of aliphatic imine (C=N–C) groups is 1. The maximum atomic E-state index is 10.7. The zero-order valence-corrected chi connectivity index (χ0v) is 9.03. The molecule has 15 heavy (non-hydrogen) atoms. The van der Waals surface area contributed by atoms with E-state index in [4.69, 9.17) is 17.3 Å². The Balaban J connectivity index is 3.07. The normalized spacial score (nSPS) is 12.0. The van der Waals surface area contributed by atoms with Crippen molar-refractivity contribution in [3.63, 3.8) is 0 Å². The fraction of sp³-hybridized carbons (Fsp3) is 0.0909. The number of aldehydes is 1. The van der Waals surface area contributed by atoms with Crippen molar-refractivity contribution in [3.8, 4) is 0 Å². The van der Waals surface area contributed by atoms with E-state index in [1.54, 1.807) is 24.4 Å². The highest BCUT2D eigenvalue weighted by molar-refractivity contribution is 6.31. The summed E-state index contributed by atoms with van der Waals surface area (Å²) in [7, 11) is 0. The van der Waals surface area contributed by atoms with Crippen molar-refractivity contribution < 1.29 is 4.79 Å². The molecule has 2 N–H and O–H groups in total. The fourth-order valence-corrected chi connectivity index (χ4v) is 1.11. The third-order valence-electron chi connectivity index (χ3n) is 1.79. The molecule has 0 aliphatic rings. The number of hydrogen-bond acceptors (Lipinski definition) is 3. The highest BCUT2D eigenvalue weighted by Gasteiger charge is 1.99. The van der Waals surface area contributed by atoms with Gasteiger partial charge in [0.25, 0.3) is 0 Å². The highest BCUT2D eigenvalue weighted by Crippen LogP contribution is 2.22. The minimum atomic E-state index is 0.500. The molecular formula is C11H11ClN2O. The fourth-order valence-electron chi connectivity index (χ4n) is 0.943. The second kappa shape index (κ2) is 5.32. The summed E-state index contributed by atoms with van der Waals surface area (Å²) in [6, 6.07) is 4.91. The van der Waals surface area contributed by atoms with Crippen LogP contribution in [0.25, 0.3) is 0 Å². The van der Waals surface area contributed by atoms with Crippen molar-refractivity contribution >= 4 is 29.8 Å². The van der Waals surface area contributed by atoms with Crippen LogP contribution in [-0.2, 0) is 0 Å². The van der Waals surface area contributed by atoms with E-state index in [0.717, 1.165) is 11.9 Å². The van der Waals surface area contributed by atoms with Gasteiger partial charge in [0.1, 0.15) is 0 Å². The van der Waals surface area contributed by atoms with E-state index in [0.29, 0.717) is 16.3 Å². The van der Waals surface area contributed by atoms with Gasteiger partial charge in [0.15, 0.2) is 6.29 Å². The van der Waals surface area contributed by atoms with Crippen molar-refractivity contribution in [2.24, 2.45) is 10.7 Å². The Kier molecular flexibility index (Phi) is 4.06. The van der Waals surface area contributed by atoms with Crippen LogP contribution in [0, 0.1) is 0 Å². The van der Waals surface area contributed by atoms with Crippen molar-refractivity contribution in [1.29, 1.82) is 0 Å². The van der Waals surface area contributed by atoms with Crippen LogP contribution in [0.15, 0.2) is 35.0 Å². The van der Waals surface area contributed by atoms with E-state index >= 15 is 0 Å². The molecule has 0 unspecified atom stereocenters. The molecule has 4 heteroatoms. The Morgan fingerprint density at radius 3 is 2.87 bits per heavy atom. The number of benzene rings is 1. The number of hydrogen-bond donors (Lipinski definition) is 1. The van der Waals surface area contributed by atoms with Crippen molar-refractivity contribution in [1.82, 2.24) is 0 Å². The Morgan fingerprint density at radius 1 is 1.53 bits per heavy atom. The largest absolute Gasteiger partial charge is 0.404 e. The van der Waals surface area contributed by atoms with E-state index in [1.165, 1.54) is 6.20 Å². The molecule has 0 aromatic heterocycles. The molecule has 78 valence electrons. The molecular weight excluding hydrogens is 212 g/mol. The molecule has 0 amide bonds. The van der Waals surface area contributed by atoms with Gasteiger partial charge in [0.2, 0.25) is 0 Å². The molecule has 0 bridgehead atoms. The SMILES string of the molecule is C/C(C=Nc1cc(Cl)ccc1C=O)=C/N. The third-order valence-corrected chi connectivity index (χ3v) is 2.02. The lowest BCUT2D eigenvalue weighted by atomic mass is 10.2. The van der Waals surface area contributed by atoms with Gasteiger partial charge in [-0.2, -0.15) is 0 Å². The summed E-state index contributed by atoms with van der Waals surface area (Å²) in [5.74, 6) is 0. The summed E-state index contributed by atoms with van der Waals surface area (Å²) in [6.07, 6.45) is 3.76. The number of halogens is 1. The van der Waals surface area contributed by atoms with Gasteiger partial charge in [0.05, 0.1) is 5.69 Å². The van der Waals surface area contributed by atoms with Crippen LogP contribution in [0.5, 0.6) is 0 Å². The van der Waals surface area contributed by atoms with Gasteiger partial charge in [-0.25, -0.2) is 0 Å². The quantitative estimate of drug-likeness (QED) is 0.632. The monoisotopic (exact) mass is 222 g/mol. The number of rotatable bonds is 3. The Hall–Kier alpha value is -1.61. The molecule has 0 heterocycles. The minimum absolute atomic E-state index is 0.500. The Bertz CT molecular complexity index is 425. The summed E-state index contributed by atoms with van der Waals surface area (Å²) >= 11 is 5.79. The molecule has 1 rings (SSSR count). The second-order valence-electron chi connectivity index (χ2n) is 2.99. The Labute approximate surface area is 93.3 Å². The first kappa shape index (κ1) is 11.5. The molecule has 0 saturated heterocycles. The number of carbonyl (C=O) groups is 1. The van der Waals surface area contributed by atoms with Gasteiger partial charge in [-0.05, 0) is 36.9 Å². The van der Waals surface area contributed by atoms with Gasteiger partial charge < -0.3 is 5.73 Å². The van der Waals surface area contributed by atoms with Gasteiger partial charge in [-0.1, -0.05) is 11.6 Å². The number of nitrogens with two attached hydrogens (primary N) is 1. The van der Waals surface area contributed by atoms with Crippen molar-refractivity contribution in [2.45, 2.75) is 6.92 Å². The third kappa shape index (κ3) is 3.22. The first-order chi connectivity index (χ1) is 7.17. The summed E-state index contributed by atoms with van der Waals surface area (Å²) in [5, 5.41) is 0.544. The van der Waals surface area contributed by atoms with Gasteiger partial charge >= 0.3 is 0 Å². The molecule has 0 spiro atoms. The molecule has 0 radical (unpaired) electrons. The van der Waals surface area contributed by atoms with Crippen LogP contribution in [0.3, 0.4) is 0 Å². The molecule has 3 nitrogen and oxygen atoms in total. The molecule has 0 aliphatic carbocycles. The lowest BCUT2D eigenvalue weighted by Gasteiger charge is -1.98. The first-order valence-corrected chi connectivity index (χ1v) is 4.72. The first-order valence-electron chi connectivity index (χ1n) is 4.34. The van der Waals surface area contributed by atoms with Gasteiger partial charge in [-0.15, -0.1) is 0 Å². The molecule has 0 fully saturated rings. The predicted molar refractivity (Wildman–Crippen MR) is 62.9 cm³/mol. The highest BCUT2D eigenvalue weighted by atomic mass is 35.5. The smallest absolute Gasteiger partial charge is 0.152 e. The number of allylic oxidation sites excluding steroid dienone is 1. The van der Waals surface area contributed by atoms with Crippen molar-refractivity contribution in [2.75, 3.05) is 0 Å². The summed E-state index contributed by atoms with van der Waals surface area (Å²) in [4.78, 5) is 14.8. The molecule has 0 atom stereocenters. The average Bonchev–Trinajstić information content (AvgIpc) is 2.26. The lowest BCUT2D eigenvalue weighted by Crippen LogP contribution is -1.86. The number of nitrogens with zero attached hydrogens (tertiary/aromatic N) is 1. The lowest BCUT2D eigenvalue weighted by molar-refractivity contribution is 0.112. The summed E-state index contributed by atoms with van der Waals surface area (Å²) in [5.41, 5.74) is 7.14. The van der Waals surface area contributed by atoms with E-state index < -0.39 is 0 Å². The zero-order valence-electron chi connectivity index (χ0n) is 8.27. The van der Waals surface area contributed by atoms with E-state index in [-0.39, 0.29) is 0 Å². The second-order valence-corrected chi connectivity index (χ2v) is 3.43. The summed E-state index contributed by atoms with van der Waals surface area (Å²) < 4.78 is 0. The van der Waals surface area contributed by atoms with Crippen LogP contribution in [0.2, 0.25) is 5.02 Å². The van der Waals surface area contributed by atoms with Gasteiger partial charge in [0, 0.05) is 16.8 Å². The molecule has 1 aromatic carbocycles. The molecule has 0 saturated carbocycles. The van der Waals surface area contributed by atoms with Crippen LogP contribution < -0.4 is 5.73 Å². The standard InChI is InChI=1S/C11H11ClN2O/c1-8(5-13)6-14-11-4-10(12)3-2-9(11)7-15/h2-7H,13H2,1H3/b8-5-,14-6?. The maximum absolute atomic E-state index is 10.7. The minimum Gasteiger partial charge on any atom is -0.404 e. The van der Waals surface area contributed by atoms with Gasteiger partial charge in [-0.3, -0.25) is 9.79 Å². The molecule has 1 aromatic rings. The molecule has 0 aliphatic heterocycles. The topological polar surface area (TPSA) is 55.5 Å². The van der Waals surface area contributed by atoms with Crippen LogP contribution >= 0.6 is 11.6 Å². The average molecular weight is 223 g/mol.